The fourth-order valence-corrected chi connectivity index (χ4v) is 5.92. The summed E-state index contributed by atoms with van der Waals surface area (Å²) < 4.78 is 34.0. The van der Waals surface area contributed by atoms with E-state index in [0.717, 1.165) is 28.8 Å². The van der Waals surface area contributed by atoms with Crippen molar-refractivity contribution >= 4 is 33.0 Å². The molecule has 1 amide bonds. The highest BCUT2D eigenvalue weighted by Crippen LogP contribution is 2.36. The van der Waals surface area contributed by atoms with Crippen LogP contribution in [-0.2, 0) is 27.8 Å². The number of sulfonamides is 1. The van der Waals surface area contributed by atoms with E-state index in [0.29, 0.717) is 30.9 Å². The van der Waals surface area contributed by atoms with Crippen LogP contribution in [0, 0.1) is 12.8 Å². The van der Waals surface area contributed by atoms with Gasteiger partial charge in [-0.05, 0) is 55.5 Å². The van der Waals surface area contributed by atoms with E-state index in [1.165, 1.54) is 18.4 Å². The lowest BCUT2D eigenvalue weighted by Gasteiger charge is -2.26. The van der Waals surface area contributed by atoms with Crippen LogP contribution in [0.25, 0.3) is 0 Å². The van der Waals surface area contributed by atoms with Gasteiger partial charge < -0.3 is 9.64 Å². The summed E-state index contributed by atoms with van der Waals surface area (Å²) in [6.07, 6.45) is 2.67. The zero-order chi connectivity index (χ0) is 19.2. The first kappa shape index (κ1) is 18.3. The molecule has 1 aliphatic heterocycles. The first-order chi connectivity index (χ1) is 12.9. The molecule has 1 fully saturated rings. The van der Waals surface area contributed by atoms with E-state index >= 15 is 0 Å². The van der Waals surface area contributed by atoms with Gasteiger partial charge in [-0.1, -0.05) is 6.07 Å². The molecule has 1 aromatic carbocycles. The maximum absolute atomic E-state index is 12.9. The summed E-state index contributed by atoms with van der Waals surface area (Å²) in [6, 6.07) is 7.07. The van der Waals surface area contributed by atoms with Crippen molar-refractivity contribution in [2.24, 2.45) is 5.92 Å². The molecule has 0 saturated heterocycles. The molecule has 1 aromatic heterocycles. The Bertz CT molecular complexity index is 993. The van der Waals surface area contributed by atoms with Gasteiger partial charge in [0.05, 0.1) is 12.8 Å². The Morgan fingerprint density at radius 2 is 2.07 bits per heavy atom. The SMILES string of the molecule is COc1ccc(C)cc1NS(=O)(=O)c1cc2c(s1)CCN(C(=O)C1CC1)C2. The van der Waals surface area contributed by atoms with Crippen LogP contribution in [0.2, 0.25) is 0 Å². The molecule has 2 heterocycles. The van der Waals surface area contributed by atoms with Gasteiger partial charge in [-0.25, -0.2) is 8.42 Å². The molecule has 0 radical (unpaired) electrons. The van der Waals surface area contributed by atoms with Gasteiger partial charge in [-0.15, -0.1) is 11.3 Å². The molecule has 0 atom stereocenters. The van der Waals surface area contributed by atoms with Gasteiger partial charge in [0.25, 0.3) is 10.0 Å². The zero-order valence-electron chi connectivity index (χ0n) is 15.3. The largest absolute Gasteiger partial charge is 0.495 e. The maximum Gasteiger partial charge on any atom is 0.271 e. The lowest BCUT2D eigenvalue weighted by Crippen LogP contribution is -2.36. The highest BCUT2D eigenvalue weighted by molar-refractivity contribution is 7.94. The van der Waals surface area contributed by atoms with E-state index in [4.69, 9.17) is 4.74 Å². The third-order valence-electron chi connectivity index (χ3n) is 4.95. The quantitative estimate of drug-likeness (QED) is 0.828. The van der Waals surface area contributed by atoms with E-state index in [2.05, 4.69) is 4.72 Å². The number of benzene rings is 1. The Morgan fingerprint density at radius 1 is 1.30 bits per heavy atom. The van der Waals surface area contributed by atoms with Crippen molar-refractivity contribution in [3.63, 3.8) is 0 Å². The van der Waals surface area contributed by atoms with Crippen LogP contribution in [0.3, 0.4) is 0 Å². The molecular formula is C19H22N2O4S2. The summed E-state index contributed by atoms with van der Waals surface area (Å²) in [5.41, 5.74) is 2.31. The van der Waals surface area contributed by atoms with Crippen molar-refractivity contribution in [2.45, 2.75) is 36.9 Å². The fraction of sp³-hybridized carbons (Fsp3) is 0.421. The average Bonchev–Trinajstić information content (AvgIpc) is 3.38. The summed E-state index contributed by atoms with van der Waals surface area (Å²) in [6.45, 7) is 3.07. The van der Waals surface area contributed by atoms with Crippen LogP contribution < -0.4 is 9.46 Å². The molecule has 4 rings (SSSR count). The summed E-state index contributed by atoms with van der Waals surface area (Å²) in [7, 11) is -2.20. The standard InChI is InChI=1S/C19H22N2O4S2/c1-12-3-6-16(25-2)15(9-12)20-27(23,24)18-10-14-11-21(8-7-17(14)26-18)19(22)13-4-5-13/h3,6,9-10,13,20H,4-5,7-8,11H2,1-2H3. The van der Waals surface area contributed by atoms with Crippen molar-refractivity contribution in [3.8, 4) is 5.75 Å². The maximum atomic E-state index is 12.9. The van der Waals surface area contributed by atoms with Crippen molar-refractivity contribution in [1.82, 2.24) is 4.90 Å². The van der Waals surface area contributed by atoms with E-state index < -0.39 is 10.0 Å². The zero-order valence-corrected chi connectivity index (χ0v) is 17.0. The Labute approximate surface area is 163 Å². The number of fused-ring (bicyclic) bond motifs is 1. The predicted octanol–water partition coefficient (Wildman–Crippen LogP) is 3.16. The van der Waals surface area contributed by atoms with Crippen molar-refractivity contribution < 1.29 is 17.9 Å². The lowest BCUT2D eigenvalue weighted by molar-refractivity contribution is -0.133. The molecule has 6 nitrogen and oxygen atoms in total. The number of carbonyl (C=O) groups excluding carboxylic acids is 1. The second-order valence-corrected chi connectivity index (χ2v) is 10.2. The molecule has 2 aromatic rings. The summed E-state index contributed by atoms with van der Waals surface area (Å²) in [4.78, 5) is 15.2. The van der Waals surface area contributed by atoms with Gasteiger partial charge in [0, 0.05) is 23.9 Å². The van der Waals surface area contributed by atoms with Gasteiger partial charge in [0.2, 0.25) is 5.91 Å². The number of hydrogen-bond acceptors (Lipinski definition) is 5. The normalized spacial score (nSPS) is 16.7. The number of ether oxygens (including phenoxy) is 1. The van der Waals surface area contributed by atoms with Crippen LogP contribution in [-0.4, -0.2) is 32.9 Å². The van der Waals surface area contributed by atoms with Crippen molar-refractivity contribution in [3.05, 3.63) is 40.3 Å². The summed E-state index contributed by atoms with van der Waals surface area (Å²) in [5, 5.41) is 0. The van der Waals surface area contributed by atoms with Gasteiger partial charge in [-0.3, -0.25) is 9.52 Å². The van der Waals surface area contributed by atoms with Gasteiger partial charge in [0.1, 0.15) is 9.96 Å². The number of thiophene rings is 1. The van der Waals surface area contributed by atoms with E-state index in [1.807, 2.05) is 17.9 Å². The number of methoxy groups -OCH3 is 1. The molecule has 0 unspecified atom stereocenters. The minimum absolute atomic E-state index is 0.184. The molecule has 1 saturated carbocycles. The number of nitrogens with one attached hydrogen (secondary N) is 1. The second-order valence-electron chi connectivity index (χ2n) is 7.11. The van der Waals surface area contributed by atoms with Gasteiger partial charge >= 0.3 is 0 Å². The molecule has 144 valence electrons. The number of nitrogens with zero attached hydrogens (tertiary/aromatic N) is 1. The smallest absolute Gasteiger partial charge is 0.271 e. The third-order valence-corrected chi connectivity index (χ3v) is 8.02. The van der Waals surface area contributed by atoms with Crippen molar-refractivity contribution in [2.75, 3.05) is 18.4 Å². The number of aryl methyl sites for hydroxylation is 1. The second kappa shape index (κ2) is 6.83. The highest BCUT2D eigenvalue weighted by atomic mass is 32.2. The predicted molar refractivity (Wildman–Crippen MR) is 105 cm³/mol. The Kier molecular flexibility index (Phi) is 4.63. The van der Waals surface area contributed by atoms with Crippen LogP contribution in [0.15, 0.2) is 28.5 Å². The number of amides is 1. The molecule has 0 bridgehead atoms. The monoisotopic (exact) mass is 406 g/mol. The van der Waals surface area contributed by atoms with E-state index in [-0.39, 0.29) is 16.0 Å². The Balaban J connectivity index is 1.57. The van der Waals surface area contributed by atoms with Crippen LogP contribution in [0.5, 0.6) is 5.75 Å². The average molecular weight is 407 g/mol. The number of hydrogen-bond donors (Lipinski definition) is 1. The third kappa shape index (κ3) is 3.68. The van der Waals surface area contributed by atoms with Crippen molar-refractivity contribution in [1.29, 1.82) is 0 Å². The molecular weight excluding hydrogens is 384 g/mol. The Hall–Kier alpha value is -2.06. The summed E-state index contributed by atoms with van der Waals surface area (Å²) >= 11 is 1.29. The molecule has 2 aliphatic rings. The minimum Gasteiger partial charge on any atom is -0.495 e. The van der Waals surface area contributed by atoms with E-state index in [1.54, 1.807) is 18.2 Å². The van der Waals surface area contributed by atoms with Gasteiger partial charge in [-0.2, -0.15) is 0 Å². The van der Waals surface area contributed by atoms with Crippen LogP contribution >= 0.6 is 11.3 Å². The van der Waals surface area contributed by atoms with E-state index in [9.17, 15) is 13.2 Å². The first-order valence-corrected chi connectivity index (χ1v) is 11.2. The molecule has 0 spiro atoms. The number of rotatable bonds is 5. The van der Waals surface area contributed by atoms with Gasteiger partial charge in [0.15, 0.2) is 0 Å². The minimum atomic E-state index is -3.71. The van der Waals surface area contributed by atoms with Crippen LogP contribution in [0.4, 0.5) is 5.69 Å². The number of carbonyl (C=O) groups is 1. The lowest BCUT2D eigenvalue weighted by atomic mass is 10.1. The topological polar surface area (TPSA) is 75.7 Å². The molecule has 1 aliphatic carbocycles. The van der Waals surface area contributed by atoms with Crippen LogP contribution in [0.1, 0.15) is 28.8 Å². The molecule has 27 heavy (non-hydrogen) atoms. The first-order valence-electron chi connectivity index (χ1n) is 8.95. The molecule has 8 heteroatoms. The number of anilines is 1. The fourth-order valence-electron chi connectivity index (χ4n) is 3.31. The highest BCUT2D eigenvalue weighted by Gasteiger charge is 2.35. The molecule has 1 N–H and O–H groups in total. The Morgan fingerprint density at radius 3 is 2.78 bits per heavy atom. The summed E-state index contributed by atoms with van der Waals surface area (Å²) in [5.74, 6) is 0.870.